The van der Waals surface area contributed by atoms with Crippen LogP contribution in [0.5, 0.6) is 17.2 Å². The lowest BCUT2D eigenvalue weighted by atomic mass is 10.0. The van der Waals surface area contributed by atoms with E-state index in [9.17, 15) is 4.79 Å². The van der Waals surface area contributed by atoms with Gasteiger partial charge in [-0.1, -0.05) is 0 Å². The molecule has 0 fully saturated rings. The quantitative estimate of drug-likeness (QED) is 0.882. The molecule has 1 aromatic heterocycles. The van der Waals surface area contributed by atoms with Crippen LogP contribution < -0.4 is 19.5 Å². The summed E-state index contributed by atoms with van der Waals surface area (Å²) in [7, 11) is 4.78. The normalized spacial score (nSPS) is 16.8. The predicted molar refractivity (Wildman–Crippen MR) is 92.4 cm³/mol. The second-order valence-electron chi connectivity index (χ2n) is 5.30. The maximum absolute atomic E-state index is 11.9. The number of nitrogens with one attached hydrogen (secondary N) is 2. The van der Waals surface area contributed by atoms with E-state index in [1.54, 1.807) is 27.4 Å². The number of nitrogens with zero attached hydrogens (tertiary/aromatic N) is 1. The van der Waals surface area contributed by atoms with E-state index in [0.29, 0.717) is 28.8 Å². The van der Waals surface area contributed by atoms with E-state index in [4.69, 9.17) is 14.2 Å². The number of anilines is 1. The van der Waals surface area contributed by atoms with Crippen molar-refractivity contribution in [1.82, 2.24) is 10.2 Å². The number of carbonyl (C=O) groups excluding carboxylic acids is 1. The van der Waals surface area contributed by atoms with Gasteiger partial charge in [-0.15, -0.1) is 11.8 Å². The fourth-order valence-corrected chi connectivity index (χ4v) is 3.98. The Kier molecular flexibility index (Phi) is 4.57. The minimum Gasteiger partial charge on any atom is -0.496 e. The van der Waals surface area contributed by atoms with Crippen molar-refractivity contribution in [3.8, 4) is 17.2 Å². The van der Waals surface area contributed by atoms with E-state index in [1.807, 2.05) is 13.0 Å². The summed E-state index contributed by atoms with van der Waals surface area (Å²) in [5, 5.41) is 9.86. The molecular weight excluding hydrogens is 330 g/mol. The molecule has 2 aromatic rings. The van der Waals surface area contributed by atoms with Crippen LogP contribution in [0.2, 0.25) is 0 Å². The van der Waals surface area contributed by atoms with Gasteiger partial charge in [0.2, 0.25) is 5.91 Å². The minimum atomic E-state index is -0.118. The zero-order valence-corrected chi connectivity index (χ0v) is 14.7. The van der Waals surface area contributed by atoms with E-state index in [2.05, 4.69) is 15.5 Å². The van der Waals surface area contributed by atoms with Crippen LogP contribution in [0.4, 0.5) is 5.82 Å². The van der Waals surface area contributed by atoms with Crippen LogP contribution in [0.25, 0.3) is 0 Å². The maximum Gasteiger partial charge on any atom is 0.235 e. The van der Waals surface area contributed by atoms with Crippen molar-refractivity contribution < 1.29 is 19.0 Å². The molecule has 0 spiro atoms. The monoisotopic (exact) mass is 349 g/mol. The number of hydrogen-bond acceptors (Lipinski definition) is 6. The third-order valence-electron chi connectivity index (χ3n) is 3.91. The summed E-state index contributed by atoms with van der Waals surface area (Å²) >= 11 is 1.52. The number of carbonyl (C=O) groups is 1. The molecule has 7 nitrogen and oxygen atoms in total. The van der Waals surface area contributed by atoms with Crippen LogP contribution in [0.3, 0.4) is 0 Å². The number of aromatic nitrogens is 2. The van der Waals surface area contributed by atoms with E-state index < -0.39 is 0 Å². The average Bonchev–Trinajstić information content (AvgIpc) is 2.85. The third kappa shape index (κ3) is 2.77. The zero-order chi connectivity index (χ0) is 17.3. The van der Waals surface area contributed by atoms with Crippen molar-refractivity contribution in [2.45, 2.75) is 12.2 Å². The van der Waals surface area contributed by atoms with Gasteiger partial charge in [-0.2, -0.15) is 5.10 Å². The summed E-state index contributed by atoms with van der Waals surface area (Å²) in [6.45, 7) is 1.93. The topological polar surface area (TPSA) is 85.5 Å². The molecule has 0 aliphatic carbocycles. The largest absolute Gasteiger partial charge is 0.496 e. The molecule has 128 valence electrons. The van der Waals surface area contributed by atoms with Gasteiger partial charge < -0.3 is 19.5 Å². The molecule has 8 heteroatoms. The van der Waals surface area contributed by atoms with Gasteiger partial charge >= 0.3 is 0 Å². The number of H-pyrrole nitrogens is 1. The molecule has 2 heterocycles. The highest BCUT2D eigenvalue weighted by molar-refractivity contribution is 8.00. The first-order valence-corrected chi connectivity index (χ1v) is 8.40. The van der Waals surface area contributed by atoms with Crippen LogP contribution in [-0.2, 0) is 4.79 Å². The first kappa shape index (κ1) is 16.5. The van der Waals surface area contributed by atoms with Crippen LogP contribution >= 0.6 is 11.8 Å². The molecule has 0 unspecified atom stereocenters. The van der Waals surface area contributed by atoms with E-state index >= 15 is 0 Å². The Balaban J connectivity index is 2.17. The summed E-state index contributed by atoms with van der Waals surface area (Å²) in [4.78, 5) is 11.9. The van der Waals surface area contributed by atoms with Gasteiger partial charge in [0, 0.05) is 22.9 Å². The van der Waals surface area contributed by atoms with E-state index in [1.165, 1.54) is 11.8 Å². The fraction of sp³-hybridized carbons (Fsp3) is 0.375. The van der Waals surface area contributed by atoms with E-state index in [-0.39, 0.29) is 11.2 Å². The molecule has 2 N–H and O–H groups in total. The van der Waals surface area contributed by atoms with Crippen molar-refractivity contribution in [2.75, 3.05) is 32.4 Å². The summed E-state index contributed by atoms with van der Waals surface area (Å²) in [5.41, 5.74) is 2.75. The smallest absolute Gasteiger partial charge is 0.235 e. The molecule has 1 aromatic carbocycles. The van der Waals surface area contributed by atoms with Gasteiger partial charge in [-0.3, -0.25) is 9.89 Å². The van der Waals surface area contributed by atoms with Gasteiger partial charge in [0.1, 0.15) is 5.75 Å². The molecule has 1 aliphatic heterocycles. The minimum absolute atomic E-state index is 0.0744. The molecule has 0 bridgehead atoms. The number of fused-ring (bicyclic) bond motifs is 1. The third-order valence-corrected chi connectivity index (χ3v) is 5.17. The Hall–Kier alpha value is -2.35. The van der Waals surface area contributed by atoms with Gasteiger partial charge in [-0.25, -0.2) is 0 Å². The first-order chi connectivity index (χ1) is 11.6. The van der Waals surface area contributed by atoms with Gasteiger partial charge in [0.25, 0.3) is 0 Å². The first-order valence-electron chi connectivity index (χ1n) is 7.35. The molecule has 0 saturated heterocycles. The fourth-order valence-electron chi connectivity index (χ4n) is 2.77. The molecule has 1 amide bonds. The van der Waals surface area contributed by atoms with Crippen molar-refractivity contribution in [2.24, 2.45) is 0 Å². The Bertz CT molecular complexity index is 775. The van der Waals surface area contributed by atoms with Gasteiger partial charge in [0.15, 0.2) is 17.3 Å². The second-order valence-corrected chi connectivity index (χ2v) is 6.39. The number of hydrogen-bond donors (Lipinski definition) is 2. The molecule has 0 radical (unpaired) electrons. The Morgan fingerprint density at radius 3 is 2.46 bits per heavy atom. The number of aryl methyl sites for hydroxylation is 1. The lowest BCUT2D eigenvalue weighted by molar-refractivity contribution is -0.113. The zero-order valence-electron chi connectivity index (χ0n) is 13.9. The van der Waals surface area contributed by atoms with Crippen LogP contribution in [0.1, 0.15) is 22.1 Å². The molecule has 24 heavy (non-hydrogen) atoms. The Morgan fingerprint density at radius 2 is 1.79 bits per heavy atom. The summed E-state index contributed by atoms with van der Waals surface area (Å²) in [5.74, 6) is 2.69. The highest BCUT2D eigenvalue weighted by atomic mass is 32.2. The Labute approximate surface area is 144 Å². The molecule has 3 rings (SSSR count). The van der Waals surface area contributed by atoms with Crippen molar-refractivity contribution in [3.05, 3.63) is 29.0 Å². The van der Waals surface area contributed by atoms with E-state index in [0.717, 1.165) is 16.8 Å². The van der Waals surface area contributed by atoms with Gasteiger partial charge in [0.05, 0.1) is 32.3 Å². The van der Waals surface area contributed by atoms with Gasteiger partial charge in [-0.05, 0) is 13.0 Å². The van der Waals surface area contributed by atoms with Crippen molar-refractivity contribution in [1.29, 1.82) is 0 Å². The number of rotatable bonds is 4. The lowest BCUT2D eigenvalue weighted by Crippen LogP contribution is -2.12. The molecular formula is C16H19N3O4S. The Morgan fingerprint density at radius 1 is 1.12 bits per heavy atom. The summed E-state index contributed by atoms with van der Waals surface area (Å²) in [6, 6.07) is 3.69. The summed E-state index contributed by atoms with van der Waals surface area (Å²) < 4.78 is 16.3. The standard InChI is InChI=1S/C16H19N3O4S/c1-8-14-15(24-7-13(20)17-16(14)19-18-8)9-5-11(22-3)12(23-4)6-10(9)21-2/h5-6,15H,7H2,1-4H3,(H2,17,18,19,20)/t15-/m1/s1. The second kappa shape index (κ2) is 6.64. The number of ether oxygens (including phenoxy) is 3. The number of thioether (sulfide) groups is 1. The predicted octanol–water partition coefficient (Wildman–Crippen LogP) is 2.52. The average molecular weight is 349 g/mol. The number of methoxy groups -OCH3 is 3. The number of aromatic amines is 1. The van der Waals surface area contributed by atoms with Crippen molar-refractivity contribution >= 4 is 23.5 Å². The van der Waals surface area contributed by atoms with Crippen molar-refractivity contribution in [3.63, 3.8) is 0 Å². The maximum atomic E-state index is 11.9. The van der Waals surface area contributed by atoms with Crippen LogP contribution in [0, 0.1) is 6.92 Å². The molecule has 1 aliphatic rings. The number of amides is 1. The SMILES string of the molecule is COc1cc(OC)c([C@H]2SCC(=O)Nc3n[nH]c(C)c32)cc1OC. The summed E-state index contributed by atoms with van der Waals surface area (Å²) in [6.07, 6.45) is 0. The highest BCUT2D eigenvalue weighted by Crippen LogP contribution is 2.48. The van der Waals surface area contributed by atoms with Crippen LogP contribution in [0.15, 0.2) is 12.1 Å². The van der Waals surface area contributed by atoms with Crippen LogP contribution in [-0.4, -0.2) is 43.2 Å². The lowest BCUT2D eigenvalue weighted by Gasteiger charge is -2.20. The molecule has 1 atom stereocenters. The number of benzene rings is 1. The molecule has 0 saturated carbocycles. The highest BCUT2D eigenvalue weighted by Gasteiger charge is 2.31.